The number of aliphatic hydroxyl groups excluding tert-OH is 1. The highest BCUT2D eigenvalue weighted by atomic mass is 19.3. The first kappa shape index (κ1) is 24.3. The highest BCUT2D eigenvalue weighted by Crippen LogP contribution is 2.34. The van der Waals surface area contributed by atoms with Crippen molar-refractivity contribution in [1.82, 2.24) is 18.7 Å². The van der Waals surface area contributed by atoms with Crippen molar-refractivity contribution >= 4 is 11.2 Å². The van der Waals surface area contributed by atoms with E-state index in [1.807, 2.05) is 0 Å². The predicted octanol–water partition coefficient (Wildman–Crippen LogP) is 3.13. The van der Waals surface area contributed by atoms with Crippen LogP contribution in [0.25, 0.3) is 22.6 Å². The Morgan fingerprint density at radius 2 is 1.74 bits per heavy atom. The van der Waals surface area contributed by atoms with Crippen LogP contribution in [0.1, 0.15) is 18.9 Å². The van der Waals surface area contributed by atoms with Gasteiger partial charge in [0.2, 0.25) is 0 Å². The van der Waals surface area contributed by atoms with Gasteiger partial charge in [0.15, 0.2) is 11.2 Å². The summed E-state index contributed by atoms with van der Waals surface area (Å²) in [4.78, 5) is 30.8. The molecule has 0 saturated heterocycles. The van der Waals surface area contributed by atoms with Crippen molar-refractivity contribution in [1.29, 1.82) is 0 Å². The van der Waals surface area contributed by atoms with E-state index in [9.17, 15) is 27.9 Å². The van der Waals surface area contributed by atoms with Crippen LogP contribution in [0.15, 0.2) is 58.1 Å². The predicted molar refractivity (Wildman–Crippen MR) is 123 cm³/mol. The van der Waals surface area contributed by atoms with Crippen LogP contribution in [0.3, 0.4) is 0 Å². The van der Waals surface area contributed by atoms with Crippen LogP contribution in [-0.4, -0.2) is 36.5 Å². The first-order valence-electron chi connectivity index (χ1n) is 10.8. The lowest BCUT2D eigenvalue weighted by molar-refractivity contribution is -0.158. The van der Waals surface area contributed by atoms with Gasteiger partial charge in [-0.15, -0.1) is 0 Å². The Morgan fingerprint density at radius 1 is 1.06 bits per heavy atom. The van der Waals surface area contributed by atoms with Gasteiger partial charge < -0.3 is 14.4 Å². The Balaban J connectivity index is 2.03. The molecule has 0 aliphatic heterocycles. The molecule has 0 saturated carbocycles. The molecule has 0 amide bonds. The third-order valence-electron chi connectivity index (χ3n) is 5.44. The van der Waals surface area contributed by atoms with E-state index in [2.05, 4.69) is 4.98 Å². The van der Waals surface area contributed by atoms with E-state index in [1.54, 1.807) is 6.07 Å². The topological polar surface area (TPSA) is 91.3 Å². The molecule has 11 heteroatoms. The van der Waals surface area contributed by atoms with E-state index >= 15 is 0 Å². The Hall–Kier alpha value is -3.86. The van der Waals surface area contributed by atoms with E-state index in [4.69, 9.17) is 4.74 Å². The molecule has 0 spiro atoms. The van der Waals surface area contributed by atoms with Crippen LogP contribution in [0.5, 0.6) is 5.75 Å². The van der Waals surface area contributed by atoms with Crippen LogP contribution < -0.4 is 16.0 Å². The minimum absolute atomic E-state index is 0.0171. The maximum atomic E-state index is 13.7. The lowest BCUT2D eigenvalue weighted by atomic mass is 10.1. The van der Waals surface area contributed by atoms with Crippen LogP contribution >= 0.6 is 0 Å². The lowest BCUT2D eigenvalue weighted by Crippen LogP contribution is -2.39. The molecule has 184 valence electrons. The van der Waals surface area contributed by atoms with Gasteiger partial charge in [0.05, 0.1) is 5.56 Å². The number of nitrogens with zero attached hydrogens (tertiary/aromatic N) is 4. The summed E-state index contributed by atoms with van der Waals surface area (Å²) in [5.74, 6) is -0.486. The first-order chi connectivity index (χ1) is 16.6. The summed E-state index contributed by atoms with van der Waals surface area (Å²) in [7, 11) is 1.45. The fraction of sp³-hybridized carbons (Fsp3) is 0.292. The maximum absolute atomic E-state index is 13.7. The summed E-state index contributed by atoms with van der Waals surface area (Å²) in [5.41, 5.74) is -0.365. The molecule has 0 fully saturated rings. The summed E-state index contributed by atoms with van der Waals surface area (Å²) < 4.78 is 49.5. The average molecular weight is 488 g/mol. The van der Waals surface area contributed by atoms with Crippen molar-refractivity contribution in [3.63, 3.8) is 0 Å². The summed E-state index contributed by atoms with van der Waals surface area (Å²) in [5, 5.41) is 9.19. The van der Waals surface area contributed by atoms with Crippen molar-refractivity contribution < 1.29 is 23.0 Å². The second-order valence-corrected chi connectivity index (χ2v) is 8.10. The van der Waals surface area contributed by atoms with Gasteiger partial charge >= 0.3 is 11.8 Å². The average Bonchev–Trinajstić information content (AvgIpc) is 3.17. The number of aromatic nitrogens is 4. The van der Waals surface area contributed by atoms with Gasteiger partial charge in [0.25, 0.3) is 5.56 Å². The molecule has 4 aromatic rings. The number of hydrogen-bond acceptors (Lipinski definition) is 5. The Bertz CT molecular complexity index is 1480. The van der Waals surface area contributed by atoms with Gasteiger partial charge in [-0.25, -0.2) is 14.2 Å². The maximum Gasteiger partial charge on any atom is 0.394 e. The minimum Gasteiger partial charge on any atom is -0.432 e. The first-order valence-corrected chi connectivity index (χ1v) is 10.8. The molecule has 8 nitrogen and oxygen atoms in total. The molecule has 2 heterocycles. The summed E-state index contributed by atoms with van der Waals surface area (Å²) in [6.07, 6.45) is -3.30. The molecule has 2 aromatic heterocycles. The van der Waals surface area contributed by atoms with E-state index < -0.39 is 23.2 Å². The molecule has 2 aromatic carbocycles. The fourth-order valence-electron chi connectivity index (χ4n) is 3.86. The van der Waals surface area contributed by atoms with E-state index in [1.165, 1.54) is 58.6 Å². The largest absolute Gasteiger partial charge is 0.432 e. The number of aliphatic hydroxyl groups is 1. The third-order valence-corrected chi connectivity index (χ3v) is 5.44. The smallest absolute Gasteiger partial charge is 0.394 e. The number of aryl methyl sites for hydroxylation is 1. The van der Waals surface area contributed by atoms with Crippen molar-refractivity contribution in [3.8, 4) is 17.1 Å². The molecule has 0 aliphatic rings. The number of hydrogen-bond donors (Lipinski definition) is 1. The molecular weight excluding hydrogens is 465 g/mol. The Labute approximate surface area is 197 Å². The number of rotatable bonds is 8. The van der Waals surface area contributed by atoms with Crippen molar-refractivity contribution in [3.05, 3.63) is 80.7 Å². The number of halogens is 3. The van der Waals surface area contributed by atoms with Gasteiger partial charge in [-0.2, -0.15) is 8.78 Å². The number of ether oxygens (including phenoxy) is 1. The van der Waals surface area contributed by atoms with E-state index in [-0.39, 0.29) is 54.4 Å². The molecule has 4 rings (SSSR count). The number of alkyl halides is 2. The summed E-state index contributed by atoms with van der Waals surface area (Å²) in [6.45, 7) is 0.408. The molecule has 0 atom stereocenters. The molecule has 1 N–H and O–H groups in total. The zero-order chi connectivity index (χ0) is 25.3. The molecule has 0 aliphatic carbocycles. The van der Waals surface area contributed by atoms with Gasteiger partial charge in [-0.1, -0.05) is 24.3 Å². The molecule has 0 bridgehead atoms. The van der Waals surface area contributed by atoms with E-state index in [0.29, 0.717) is 12.5 Å². The monoisotopic (exact) mass is 488 g/mol. The number of para-hydroxylation sites is 1. The quantitative estimate of drug-likeness (QED) is 0.412. The highest BCUT2D eigenvalue weighted by molar-refractivity contribution is 5.79. The number of benzene rings is 2. The zero-order valence-corrected chi connectivity index (χ0v) is 19.0. The highest BCUT2D eigenvalue weighted by Gasteiger charge is 2.28. The Kier molecular flexibility index (Phi) is 6.53. The van der Waals surface area contributed by atoms with Crippen LogP contribution in [0.4, 0.5) is 13.2 Å². The SMILES string of the molecule is Cn1c(=O)n(CCCO)c(=O)c2c1nc(-c1ccccc1OC(C)(F)F)n2Cc1ccc(F)cc1. The molecular formula is C24H23F3N4O4. The molecule has 0 unspecified atom stereocenters. The van der Waals surface area contributed by atoms with E-state index in [0.717, 1.165) is 4.57 Å². The summed E-state index contributed by atoms with van der Waals surface area (Å²) in [6, 6.07) is 11.6. The normalized spacial score (nSPS) is 11.8. The Morgan fingerprint density at radius 3 is 2.40 bits per heavy atom. The number of imidazole rings is 1. The van der Waals surface area contributed by atoms with Gasteiger partial charge in [0, 0.05) is 33.7 Å². The minimum atomic E-state index is -3.48. The van der Waals surface area contributed by atoms with Gasteiger partial charge in [-0.3, -0.25) is 13.9 Å². The van der Waals surface area contributed by atoms with Crippen molar-refractivity contribution in [2.24, 2.45) is 7.05 Å². The second-order valence-electron chi connectivity index (χ2n) is 8.10. The van der Waals surface area contributed by atoms with Crippen LogP contribution in [-0.2, 0) is 20.1 Å². The standard InChI is InChI=1S/C24H23F3N4O4/c1-24(26,27)35-18-7-4-3-6-17(18)20-28-21-19(31(20)14-15-8-10-16(25)11-9-15)22(33)30(12-5-13-32)23(34)29(21)2/h3-4,6-11,32H,5,12-14H2,1-2H3. The molecule has 0 radical (unpaired) electrons. The lowest BCUT2D eigenvalue weighted by Gasteiger charge is -2.17. The summed E-state index contributed by atoms with van der Waals surface area (Å²) >= 11 is 0. The molecule has 35 heavy (non-hydrogen) atoms. The third kappa shape index (κ3) is 4.85. The second kappa shape index (κ2) is 9.41. The zero-order valence-electron chi connectivity index (χ0n) is 19.0. The van der Waals surface area contributed by atoms with Crippen LogP contribution in [0.2, 0.25) is 0 Å². The van der Waals surface area contributed by atoms with Gasteiger partial charge in [-0.05, 0) is 36.2 Å². The van der Waals surface area contributed by atoms with Crippen molar-refractivity contribution in [2.75, 3.05) is 6.61 Å². The fourth-order valence-corrected chi connectivity index (χ4v) is 3.86. The number of fused-ring (bicyclic) bond motifs is 1. The van der Waals surface area contributed by atoms with Crippen LogP contribution in [0, 0.1) is 5.82 Å². The van der Waals surface area contributed by atoms with Crippen molar-refractivity contribution in [2.45, 2.75) is 32.5 Å². The van der Waals surface area contributed by atoms with Gasteiger partial charge in [0.1, 0.15) is 17.4 Å².